The van der Waals surface area contributed by atoms with Gasteiger partial charge in [-0.2, -0.15) is 0 Å². The molecule has 10 nitrogen and oxygen atoms in total. The number of amides is 1. The Bertz CT molecular complexity index is 700. The maximum absolute atomic E-state index is 13.6. The van der Waals surface area contributed by atoms with Crippen molar-refractivity contribution in [3.63, 3.8) is 0 Å². The van der Waals surface area contributed by atoms with Gasteiger partial charge in [0.05, 0.1) is 13.3 Å². The molecule has 0 fully saturated rings. The first-order valence-electron chi connectivity index (χ1n) is 7.93. The number of aliphatic imine (C=N–C) groups is 1. The Labute approximate surface area is 149 Å². The number of carbonyl (C=O) groups is 1. The first kappa shape index (κ1) is 19.7. The van der Waals surface area contributed by atoms with Crippen LogP contribution in [0.3, 0.4) is 0 Å². The topological polar surface area (TPSA) is 143 Å². The minimum atomic E-state index is -1.37. The number of aromatic nitrogens is 1. The van der Waals surface area contributed by atoms with Crippen LogP contribution < -0.4 is 26.4 Å². The number of rotatable bonds is 7. The fraction of sp³-hybridized carbons (Fsp3) is 0.533. The summed E-state index contributed by atoms with van der Waals surface area (Å²) in [4.78, 5) is 31.9. The highest BCUT2D eigenvalue weighted by Gasteiger charge is 2.37. The first-order valence-corrected chi connectivity index (χ1v) is 7.93. The molecule has 2 heterocycles. The van der Waals surface area contributed by atoms with Crippen LogP contribution in [0.15, 0.2) is 22.4 Å². The van der Waals surface area contributed by atoms with Gasteiger partial charge in [0.1, 0.15) is 35.5 Å². The Kier molecular flexibility index (Phi) is 6.52. The van der Waals surface area contributed by atoms with Crippen LogP contribution in [0.1, 0.15) is 6.92 Å². The molecule has 4 unspecified atom stereocenters. The molecular formula is C15H22FN7O3. The molecule has 1 aliphatic rings. The van der Waals surface area contributed by atoms with E-state index in [0.29, 0.717) is 17.3 Å². The van der Waals surface area contributed by atoms with Crippen LogP contribution in [0.4, 0.5) is 15.9 Å². The summed E-state index contributed by atoms with van der Waals surface area (Å²) in [6, 6.07) is 1.59. The van der Waals surface area contributed by atoms with Crippen LogP contribution in [0.5, 0.6) is 5.75 Å². The number of hydrogen-bond donors (Lipinski definition) is 4. The summed E-state index contributed by atoms with van der Waals surface area (Å²) >= 11 is 0. The largest absolute Gasteiger partial charge is 0.494 e. The van der Waals surface area contributed by atoms with Crippen molar-refractivity contribution in [3.05, 3.63) is 17.2 Å². The standard InChI is InChI=1S/C15H22FN7O3/c1-7-8(16)5-20-14(21-7)12(13(17)23-25)15(24)22-9-6-19-11(18-2)4-10(9)26-3/h4,6,8,12-14,20H,5,17H2,1-3H3,(H,18,19)(H,22,24). The number of alkyl halides is 1. The van der Waals surface area contributed by atoms with E-state index in [-0.39, 0.29) is 12.3 Å². The van der Waals surface area contributed by atoms with Crippen LogP contribution in [0.2, 0.25) is 0 Å². The van der Waals surface area contributed by atoms with Gasteiger partial charge in [0.2, 0.25) is 5.91 Å². The molecule has 142 valence electrons. The molecule has 1 aromatic rings. The summed E-state index contributed by atoms with van der Waals surface area (Å²) in [7, 11) is 3.14. The predicted molar refractivity (Wildman–Crippen MR) is 96.0 cm³/mol. The van der Waals surface area contributed by atoms with Crippen molar-refractivity contribution in [1.29, 1.82) is 0 Å². The number of nitrogens with zero attached hydrogens (tertiary/aromatic N) is 3. The van der Waals surface area contributed by atoms with E-state index in [4.69, 9.17) is 10.5 Å². The van der Waals surface area contributed by atoms with Crippen molar-refractivity contribution in [3.8, 4) is 5.75 Å². The van der Waals surface area contributed by atoms with E-state index in [2.05, 4.69) is 31.1 Å². The lowest BCUT2D eigenvalue weighted by atomic mass is 9.99. The van der Waals surface area contributed by atoms with Crippen molar-refractivity contribution in [2.45, 2.75) is 25.4 Å². The Morgan fingerprint density at radius 3 is 2.88 bits per heavy atom. The highest BCUT2D eigenvalue weighted by atomic mass is 19.1. The fourth-order valence-electron chi connectivity index (χ4n) is 2.53. The van der Waals surface area contributed by atoms with E-state index < -0.39 is 30.3 Å². The summed E-state index contributed by atoms with van der Waals surface area (Å²) in [5, 5.41) is 11.0. The summed E-state index contributed by atoms with van der Waals surface area (Å²) < 4.78 is 18.8. The van der Waals surface area contributed by atoms with Crippen LogP contribution in [0, 0.1) is 10.8 Å². The maximum Gasteiger partial charge on any atom is 0.234 e. The number of carbonyl (C=O) groups excluding carboxylic acids is 1. The first-order chi connectivity index (χ1) is 12.4. The molecule has 0 radical (unpaired) electrons. The highest BCUT2D eigenvalue weighted by Crippen LogP contribution is 2.27. The lowest BCUT2D eigenvalue weighted by Gasteiger charge is -2.30. The second-order valence-corrected chi connectivity index (χ2v) is 5.72. The van der Waals surface area contributed by atoms with Crippen molar-refractivity contribution >= 4 is 23.1 Å². The molecule has 0 saturated carbocycles. The van der Waals surface area contributed by atoms with Gasteiger partial charge in [-0.25, -0.2) is 9.37 Å². The smallest absolute Gasteiger partial charge is 0.234 e. The number of halogens is 1. The van der Waals surface area contributed by atoms with Gasteiger partial charge >= 0.3 is 0 Å². The van der Waals surface area contributed by atoms with Crippen molar-refractivity contribution < 1.29 is 13.9 Å². The number of ether oxygens (including phenoxy) is 1. The average Bonchev–Trinajstić information content (AvgIpc) is 2.64. The normalized spacial score (nSPS) is 22.0. The van der Waals surface area contributed by atoms with E-state index in [1.165, 1.54) is 20.2 Å². The van der Waals surface area contributed by atoms with Crippen LogP contribution in [0.25, 0.3) is 0 Å². The van der Waals surface area contributed by atoms with Gasteiger partial charge in [0.25, 0.3) is 0 Å². The Balaban J connectivity index is 2.27. The molecule has 0 aromatic carbocycles. The van der Waals surface area contributed by atoms with Crippen molar-refractivity contribution in [2.24, 2.45) is 21.8 Å². The van der Waals surface area contributed by atoms with Gasteiger partial charge in [0.15, 0.2) is 6.17 Å². The third-order valence-electron chi connectivity index (χ3n) is 4.03. The summed E-state index contributed by atoms with van der Waals surface area (Å²) in [6.45, 7) is 1.48. The Hall–Kier alpha value is -2.66. The number of anilines is 2. The number of hydrogen-bond acceptors (Lipinski definition) is 9. The predicted octanol–water partition coefficient (Wildman–Crippen LogP) is 0.466. The molecule has 0 saturated heterocycles. The Morgan fingerprint density at radius 1 is 1.58 bits per heavy atom. The third-order valence-corrected chi connectivity index (χ3v) is 4.03. The monoisotopic (exact) mass is 367 g/mol. The molecule has 1 amide bonds. The zero-order valence-corrected chi connectivity index (χ0v) is 14.7. The number of methoxy groups -OCH3 is 1. The highest BCUT2D eigenvalue weighted by molar-refractivity contribution is 5.95. The summed E-state index contributed by atoms with van der Waals surface area (Å²) in [6.07, 6.45) is -2.09. The molecule has 0 bridgehead atoms. The zero-order chi connectivity index (χ0) is 19.3. The van der Waals surface area contributed by atoms with Crippen molar-refractivity contribution in [2.75, 3.05) is 31.3 Å². The molecule has 0 spiro atoms. The van der Waals surface area contributed by atoms with Crippen LogP contribution in [-0.4, -0.2) is 55.8 Å². The van der Waals surface area contributed by atoms with E-state index >= 15 is 0 Å². The fourth-order valence-corrected chi connectivity index (χ4v) is 2.53. The molecule has 0 aliphatic carbocycles. The SMILES string of the molecule is CNc1cc(OC)c(NC(=O)C(C(N)N=O)C2N=C(C)C(F)CN2)cn1. The molecule has 2 rings (SSSR count). The molecule has 5 N–H and O–H groups in total. The van der Waals surface area contributed by atoms with Gasteiger partial charge in [0, 0.05) is 25.4 Å². The summed E-state index contributed by atoms with van der Waals surface area (Å²) in [5.41, 5.74) is 6.21. The maximum atomic E-state index is 13.6. The van der Waals surface area contributed by atoms with Crippen LogP contribution in [-0.2, 0) is 4.79 Å². The van der Waals surface area contributed by atoms with E-state index in [0.717, 1.165) is 0 Å². The number of nitrogens with two attached hydrogens (primary N) is 1. The molecular weight excluding hydrogens is 345 g/mol. The van der Waals surface area contributed by atoms with Gasteiger partial charge in [-0.15, -0.1) is 4.91 Å². The van der Waals surface area contributed by atoms with E-state index in [1.54, 1.807) is 13.1 Å². The molecule has 1 aliphatic heterocycles. The Morgan fingerprint density at radius 2 is 2.31 bits per heavy atom. The molecule has 11 heteroatoms. The third kappa shape index (κ3) is 4.29. The second-order valence-electron chi connectivity index (χ2n) is 5.72. The van der Waals surface area contributed by atoms with Gasteiger partial charge in [-0.05, 0) is 6.92 Å². The lowest BCUT2D eigenvalue weighted by molar-refractivity contribution is -0.121. The number of nitrogens with one attached hydrogen (secondary N) is 3. The molecule has 1 aromatic heterocycles. The zero-order valence-electron chi connectivity index (χ0n) is 14.7. The quantitative estimate of drug-likeness (QED) is 0.513. The number of nitroso groups, excluding NO2 is 1. The lowest BCUT2D eigenvalue weighted by Crippen LogP contribution is -2.53. The number of pyridine rings is 1. The van der Waals surface area contributed by atoms with E-state index in [9.17, 15) is 14.1 Å². The minimum absolute atomic E-state index is 0.0307. The summed E-state index contributed by atoms with van der Waals surface area (Å²) in [5.74, 6) is -0.834. The van der Waals surface area contributed by atoms with Gasteiger partial charge < -0.3 is 21.1 Å². The molecule has 26 heavy (non-hydrogen) atoms. The second kappa shape index (κ2) is 8.63. The van der Waals surface area contributed by atoms with Crippen LogP contribution >= 0.6 is 0 Å². The van der Waals surface area contributed by atoms with E-state index in [1.807, 2.05) is 0 Å². The minimum Gasteiger partial charge on any atom is -0.494 e. The van der Waals surface area contributed by atoms with Crippen molar-refractivity contribution in [1.82, 2.24) is 10.3 Å². The van der Waals surface area contributed by atoms with Gasteiger partial charge in [-0.1, -0.05) is 5.18 Å². The van der Waals surface area contributed by atoms with Gasteiger partial charge in [-0.3, -0.25) is 15.1 Å². The average molecular weight is 367 g/mol. The molecule has 4 atom stereocenters.